The number of carbonyl (C=O) groups excluding carboxylic acids is 1. The third kappa shape index (κ3) is 3.51. The van der Waals surface area contributed by atoms with Crippen LogP contribution >= 0.6 is 0 Å². The molecule has 2 rings (SSSR count). The smallest absolute Gasteiger partial charge is 0.270 e. The number of nitro groups is 1. The summed E-state index contributed by atoms with van der Waals surface area (Å²) in [6.45, 7) is 2.01. The second-order valence-corrected chi connectivity index (χ2v) is 4.72. The summed E-state index contributed by atoms with van der Waals surface area (Å²) in [6.07, 6.45) is 0.994. The van der Waals surface area contributed by atoms with Gasteiger partial charge >= 0.3 is 0 Å². The fourth-order valence-electron chi connectivity index (χ4n) is 2.06. The van der Waals surface area contributed by atoms with Gasteiger partial charge in [0.25, 0.3) is 5.69 Å². The highest BCUT2D eigenvalue weighted by Crippen LogP contribution is 2.16. The van der Waals surface area contributed by atoms with Crippen LogP contribution in [0.1, 0.15) is 27.9 Å². The molecule has 0 aromatic heterocycles. The summed E-state index contributed by atoms with van der Waals surface area (Å²) in [4.78, 5) is 22.3. The van der Waals surface area contributed by atoms with E-state index in [0.717, 1.165) is 11.1 Å². The van der Waals surface area contributed by atoms with Crippen LogP contribution < -0.4 is 0 Å². The van der Waals surface area contributed by atoms with Gasteiger partial charge in [0, 0.05) is 24.1 Å². The number of nitro benzene ring substituents is 1. The zero-order chi connectivity index (χ0) is 14.5. The lowest BCUT2D eigenvalue weighted by molar-refractivity contribution is -0.384. The van der Waals surface area contributed by atoms with Gasteiger partial charge in [-0.05, 0) is 18.9 Å². The molecule has 20 heavy (non-hydrogen) atoms. The van der Waals surface area contributed by atoms with Gasteiger partial charge in [0.1, 0.15) is 0 Å². The first-order chi connectivity index (χ1) is 9.56. The van der Waals surface area contributed by atoms with E-state index in [0.29, 0.717) is 18.4 Å². The van der Waals surface area contributed by atoms with Crippen LogP contribution in [0.5, 0.6) is 0 Å². The molecule has 4 nitrogen and oxygen atoms in total. The Balaban J connectivity index is 2.05. The highest BCUT2D eigenvalue weighted by atomic mass is 16.6. The number of hydrogen-bond acceptors (Lipinski definition) is 3. The summed E-state index contributed by atoms with van der Waals surface area (Å²) >= 11 is 0. The predicted octanol–water partition coefficient (Wildman–Crippen LogP) is 3.72. The minimum Gasteiger partial charge on any atom is -0.294 e. The number of hydrogen-bond donors (Lipinski definition) is 0. The van der Waals surface area contributed by atoms with Crippen molar-refractivity contribution in [3.63, 3.8) is 0 Å². The molecular formula is C16H15NO3. The molecule has 0 spiro atoms. The Morgan fingerprint density at radius 3 is 2.60 bits per heavy atom. The van der Waals surface area contributed by atoms with Crippen molar-refractivity contribution in [1.82, 2.24) is 0 Å². The Morgan fingerprint density at radius 2 is 1.90 bits per heavy atom. The van der Waals surface area contributed by atoms with E-state index in [1.54, 1.807) is 6.07 Å². The number of benzene rings is 2. The van der Waals surface area contributed by atoms with Gasteiger partial charge in [-0.15, -0.1) is 0 Å². The van der Waals surface area contributed by atoms with E-state index in [4.69, 9.17) is 0 Å². The average molecular weight is 269 g/mol. The summed E-state index contributed by atoms with van der Waals surface area (Å²) in [5, 5.41) is 10.7. The van der Waals surface area contributed by atoms with Crippen molar-refractivity contribution in [3.05, 3.63) is 75.3 Å². The SMILES string of the molecule is Cc1cccc(CCC(=O)c2cccc([N+](=O)[O-])c2)c1. The molecular weight excluding hydrogens is 254 g/mol. The number of aryl methyl sites for hydroxylation is 2. The van der Waals surface area contributed by atoms with Crippen molar-refractivity contribution in [2.24, 2.45) is 0 Å². The molecule has 0 aliphatic carbocycles. The fourth-order valence-corrected chi connectivity index (χ4v) is 2.06. The lowest BCUT2D eigenvalue weighted by atomic mass is 10.0. The molecule has 2 aromatic rings. The molecule has 102 valence electrons. The van der Waals surface area contributed by atoms with E-state index in [1.807, 2.05) is 31.2 Å². The zero-order valence-corrected chi connectivity index (χ0v) is 11.2. The molecule has 2 aromatic carbocycles. The molecule has 0 atom stereocenters. The van der Waals surface area contributed by atoms with Crippen molar-refractivity contribution in [2.45, 2.75) is 19.8 Å². The van der Waals surface area contributed by atoms with Crippen LogP contribution in [0.2, 0.25) is 0 Å². The molecule has 0 unspecified atom stereocenters. The number of Topliss-reactive ketones (excluding diaryl/α,β-unsaturated/α-hetero) is 1. The van der Waals surface area contributed by atoms with E-state index in [1.165, 1.54) is 18.2 Å². The summed E-state index contributed by atoms with van der Waals surface area (Å²) in [7, 11) is 0. The van der Waals surface area contributed by atoms with Crippen LogP contribution in [0, 0.1) is 17.0 Å². The minimum absolute atomic E-state index is 0.0496. The molecule has 0 amide bonds. The van der Waals surface area contributed by atoms with Crippen LogP contribution in [-0.2, 0) is 6.42 Å². The van der Waals surface area contributed by atoms with Crippen LogP contribution in [-0.4, -0.2) is 10.7 Å². The van der Waals surface area contributed by atoms with Crippen molar-refractivity contribution in [1.29, 1.82) is 0 Å². The Hall–Kier alpha value is -2.49. The molecule has 0 radical (unpaired) electrons. The lowest BCUT2D eigenvalue weighted by Gasteiger charge is -2.03. The topological polar surface area (TPSA) is 60.2 Å². The van der Waals surface area contributed by atoms with Crippen molar-refractivity contribution >= 4 is 11.5 Å². The van der Waals surface area contributed by atoms with Gasteiger partial charge in [0.05, 0.1) is 4.92 Å². The van der Waals surface area contributed by atoms with E-state index in [9.17, 15) is 14.9 Å². The van der Waals surface area contributed by atoms with Gasteiger partial charge in [-0.1, -0.05) is 42.0 Å². The molecule has 0 heterocycles. The largest absolute Gasteiger partial charge is 0.294 e. The number of non-ortho nitro benzene ring substituents is 1. The summed E-state index contributed by atoms with van der Waals surface area (Å²) in [5.74, 6) is -0.0739. The Labute approximate surface area is 117 Å². The molecule has 0 aliphatic rings. The molecule has 0 aliphatic heterocycles. The number of ketones is 1. The molecule has 0 saturated carbocycles. The second-order valence-electron chi connectivity index (χ2n) is 4.72. The van der Waals surface area contributed by atoms with Gasteiger partial charge in [-0.2, -0.15) is 0 Å². The standard InChI is InChI=1S/C16H15NO3/c1-12-4-2-5-13(10-12)8-9-16(18)14-6-3-7-15(11-14)17(19)20/h2-7,10-11H,8-9H2,1H3. The fraction of sp³-hybridized carbons (Fsp3) is 0.188. The summed E-state index contributed by atoms with van der Waals surface area (Å²) in [5.41, 5.74) is 2.60. The normalized spacial score (nSPS) is 10.2. The first-order valence-corrected chi connectivity index (χ1v) is 6.39. The maximum Gasteiger partial charge on any atom is 0.270 e. The third-order valence-electron chi connectivity index (χ3n) is 3.10. The molecule has 0 fully saturated rings. The maximum absolute atomic E-state index is 12.1. The van der Waals surface area contributed by atoms with Crippen LogP contribution in [0.4, 0.5) is 5.69 Å². The van der Waals surface area contributed by atoms with Crippen LogP contribution in [0.25, 0.3) is 0 Å². The average Bonchev–Trinajstić information content (AvgIpc) is 2.45. The Kier molecular flexibility index (Phi) is 4.25. The quantitative estimate of drug-likeness (QED) is 0.472. The van der Waals surface area contributed by atoms with Gasteiger partial charge in [0.15, 0.2) is 5.78 Å². The van der Waals surface area contributed by atoms with E-state index < -0.39 is 4.92 Å². The van der Waals surface area contributed by atoms with Gasteiger partial charge in [-0.25, -0.2) is 0 Å². The van der Waals surface area contributed by atoms with E-state index in [-0.39, 0.29) is 11.5 Å². The summed E-state index contributed by atoms with van der Waals surface area (Å²) in [6, 6.07) is 13.9. The van der Waals surface area contributed by atoms with E-state index >= 15 is 0 Å². The highest BCUT2D eigenvalue weighted by Gasteiger charge is 2.11. The van der Waals surface area contributed by atoms with Crippen molar-refractivity contribution < 1.29 is 9.72 Å². The molecule has 4 heteroatoms. The minimum atomic E-state index is -0.489. The molecule has 0 N–H and O–H groups in total. The number of carbonyl (C=O) groups is 1. The highest BCUT2D eigenvalue weighted by molar-refractivity contribution is 5.96. The Bertz CT molecular complexity index is 650. The number of nitrogens with zero attached hydrogens (tertiary/aromatic N) is 1. The van der Waals surface area contributed by atoms with Crippen molar-refractivity contribution in [2.75, 3.05) is 0 Å². The second kappa shape index (κ2) is 6.10. The van der Waals surface area contributed by atoms with Gasteiger partial charge < -0.3 is 0 Å². The van der Waals surface area contributed by atoms with E-state index in [2.05, 4.69) is 0 Å². The molecule has 0 bridgehead atoms. The van der Waals surface area contributed by atoms with Crippen molar-refractivity contribution in [3.8, 4) is 0 Å². The van der Waals surface area contributed by atoms with Crippen LogP contribution in [0.15, 0.2) is 48.5 Å². The first kappa shape index (κ1) is 13.9. The van der Waals surface area contributed by atoms with Crippen LogP contribution in [0.3, 0.4) is 0 Å². The monoisotopic (exact) mass is 269 g/mol. The Morgan fingerprint density at radius 1 is 1.15 bits per heavy atom. The number of rotatable bonds is 5. The third-order valence-corrected chi connectivity index (χ3v) is 3.10. The summed E-state index contributed by atoms with van der Waals surface area (Å²) < 4.78 is 0. The first-order valence-electron chi connectivity index (χ1n) is 6.39. The predicted molar refractivity (Wildman–Crippen MR) is 76.9 cm³/mol. The van der Waals surface area contributed by atoms with Gasteiger partial charge in [-0.3, -0.25) is 14.9 Å². The van der Waals surface area contributed by atoms with Gasteiger partial charge in [0.2, 0.25) is 0 Å². The molecule has 0 saturated heterocycles. The maximum atomic E-state index is 12.1. The zero-order valence-electron chi connectivity index (χ0n) is 11.2. The lowest BCUT2D eigenvalue weighted by Crippen LogP contribution is -2.02.